The fourth-order valence-corrected chi connectivity index (χ4v) is 6.35. The number of esters is 1. The topological polar surface area (TPSA) is 108 Å². The average molecular weight is 550 g/mol. The van der Waals surface area contributed by atoms with Gasteiger partial charge in [0.25, 0.3) is 0 Å². The minimum atomic E-state index is -0.696. The Balaban J connectivity index is 1.39. The first-order valence-corrected chi connectivity index (χ1v) is 14.9. The Bertz CT molecular complexity index is 1250. The molecule has 2 saturated heterocycles. The van der Waals surface area contributed by atoms with Gasteiger partial charge in [-0.3, -0.25) is 14.5 Å². The highest BCUT2D eigenvalue weighted by Gasteiger charge is 2.38. The van der Waals surface area contributed by atoms with Gasteiger partial charge in [0, 0.05) is 43.3 Å². The molecule has 3 heterocycles. The van der Waals surface area contributed by atoms with Crippen LogP contribution in [0.25, 0.3) is 10.9 Å². The molecule has 4 rings (SSSR count). The first-order valence-electron chi connectivity index (χ1n) is 14.9. The number of ether oxygens (including phenoxy) is 1. The summed E-state index contributed by atoms with van der Waals surface area (Å²) in [6.07, 6.45) is 6.31. The van der Waals surface area contributed by atoms with Crippen LogP contribution in [0.4, 0.5) is 0 Å². The summed E-state index contributed by atoms with van der Waals surface area (Å²) in [6, 6.07) is 9.63. The van der Waals surface area contributed by atoms with Crippen molar-refractivity contribution >= 4 is 28.7 Å². The number of likely N-dealkylation sites (tertiary alicyclic amines) is 2. The van der Waals surface area contributed by atoms with Crippen molar-refractivity contribution in [1.29, 1.82) is 5.26 Å². The number of nitrogens with one attached hydrogen (secondary N) is 1. The van der Waals surface area contributed by atoms with Crippen LogP contribution in [-0.2, 0) is 32.1 Å². The molecule has 2 fully saturated rings. The number of benzene rings is 1. The Morgan fingerprint density at radius 3 is 2.65 bits per heavy atom. The van der Waals surface area contributed by atoms with Gasteiger partial charge in [0.15, 0.2) is 0 Å². The molecular formula is C31H43N5O4. The van der Waals surface area contributed by atoms with Crippen molar-refractivity contribution in [2.45, 2.75) is 96.8 Å². The summed E-state index contributed by atoms with van der Waals surface area (Å²) in [5, 5.41) is 13.3. The van der Waals surface area contributed by atoms with E-state index in [0.29, 0.717) is 24.9 Å². The molecule has 3 atom stereocenters. The van der Waals surface area contributed by atoms with Crippen molar-refractivity contribution in [1.82, 2.24) is 19.7 Å². The third kappa shape index (κ3) is 6.67. The second-order valence-corrected chi connectivity index (χ2v) is 10.8. The largest absolute Gasteiger partial charge is 0.464 e. The third-order valence-corrected chi connectivity index (χ3v) is 8.41. The lowest BCUT2D eigenvalue weighted by Crippen LogP contribution is -2.49. The molecule has 40 heavy (non-hydrogen) atoms. The van der Waals surface area contributed by atoms with Gasteiger partial charge in [-0.25, -0.2) is 4.79 Å². The summed E-state index contributed by atoms with van der Waals surface area (Å²) in [5.41, 5.74) is 3.00. The number of nitrogens with zero attached hydrogens (tertiary/aromatic N) is 4. The van der Waals surface area contributed by atoms with Gasteiger partial charge in [-0.2, -0.15) is 5.26 Å². The Labute approximate surface area is 237 Å². The minimum Gasteiger partial charge on any atom is -0.464 e. The number of nitriles is 1. The van der Waals surface area contributed by atoms with E-state index in [1.165, 1.54) is 5.69 Å². The number of aryl methyl sites for hydroxylation is 2. The van der Waals surface area contributed by atoms with Crippen LogP contribution in [0.2, 0.25) is 0 Å². The molecular weight excluding hydrogens is 506 g/mol. The predicted molar refractivity (Wildman–Crippen MR) is 153 cm³/mol. The third-order valence-electron chi connectivity index (χ3n) is 8.41. The van der Waals surface area contributed by atoms with E-state index in [4.69, 9.17) is 4.74 Å². The van der Waals surface area contributed by atoms with Crippen LogP contribution in [0, 0.1) is 11.3 Å². The van der Waals surface area contributed by atoms with E-state index in [-0.39, 0.29) is 30.5 Å². The maximum Gasteiger partial charge on any atom is 0.328 e. The molecule has 1 aromatic heterocycles. The van der Waals surface area contributed by atoms with Gasteiger partial charge in [0.1, 0.15) is 6.04 Å². The van der Waals surface area contributed by atoms with Crippen LogP contribution < -0.4 is 5.32 Å². The van der Waals surface area contributed by atoms with Gasteiger partial charge in [-0.05, 0) is 88.9 Å². The van der Waals surface area contributed by atoms with Crippen LogP contribution in [0.15, 0.2) is 24.3 Å². The summed E-state index contributed by atoms with van der Waals surface area (Å²) in [5.74, 6) is -0.404. The fraction of sp³-hybridized carbons (Fsp3) is 0.613. The summed E-state index contributed by atoms with van der Waals surface area (Å²) in [7, 11) is 0. The zero-order valence-electron chi connectivity index (χ0n) is 24.2. The van der Waals surface area contributed by atoms with Crippen LogP contribution in [-0.4, -0.2) is 76.5 Å². The highest BCUT2D eigenvalue weighted by molar-refractivity contribution is 5.85. The van der Waals surface area contributed by atoms with Crippen LogP contribution in [0.3, 0.4) is 0 Å². The lowest BCUT2D eigenvalue weighted by Gasteiger charge is -2.32. The zero-order valence-corrected chi connectivity index (χ0v) is 24.2. The summed E-state index contributed by atoms with van der Waals surface area (Å²) in [4.78, 5) is 42.5. The Kier molecular flexibility index (Phi) is 10.2. The molecule has 0 bridgehead atoms. The number of fused-ring (bicyclic) bond motifs is 1. The molecule has 9 nitrogen and oxygen atoms in total. The van der Waals surface area contributed by atoms with E-state index in [2.05, 4.69) is 38.7 Å². The van der Waals surface area contributed by atoms with E-state index >= 15 is 0 Å². The number of hydrogen-bond acceptors (Lipinski definition) is 6. The lowest BCUT2D eigenvalue weighted by molar-refractivity contribution is -0.147. The number of hydrogen-bond donors (Lipinski definition) is 1. The minimum absolute atomic E-state index is 0.181. The maximum absolute atomic E-state index is 13.8. The van der Waals surface area contributed by atoms with Gasteiger partial charge >= 0.3 is 5.97 Å². The van der Waals surface area contributed by atoms with E-state index in [1.807, 2.05) is 18.2 Å². The predicted octanol–water partition coefficient (Wildman–Crippen LogP) is 3.77. The molecule has 1 aromatic carbocycles. The van der Waals surface area contributed by atoms with E-state index in [9.17, 15) is 19.6 Å². The van der Waals surface area contributed by atoms with Crippen molar-refractivity contribution in [3.05, 3.63) is 35.5 Å². The number of aromatic nitrogens is 1. The maximum atomic E-state index is 13.8. The van der Waals surface area contributed by atoms with Crippen molar-refractivity contribution in [2.24, 2.45) is 0 Å². The van der Waals surface area contributed by atoms with Crippen molar-refractivity contribution in [2.75, 3.05) is 26.2 Å². The highest BCUT2D eigenvalue weighted by atomic mass is 16.5. The molecule has 0 aliphatic carbocycles. The fourth-order valence-electron chi connectivity index (χ4n) is 6.35. The number of carbonyl (C=O) groups is 3. The van der Waals surface area contributed by atoms with E-state index in [0.717, 1.165) is 69.1 Å². The van der Waals surface area contributed by atoms with Crippen LogP contribution in [0.5, 0.6) is 0 Å². The molecule has 0 spiro atoms. The van der Waals surface area contributed by atoms with Gasteiger partial charge in [0.05, 0.1) is 24.3 Å². The Morgan fingerprint density at radius 2 is 1.93 bits per heavy atom. The molecule has 0 unspecified atom stereocenters. The molecule has 2 aromatic rings. The Morgan fingerprint density at radius 1 is 1.12 bits per heavy atom. The molecule has 216 valence electrons. The standard InChI is InChI=1S/C31H43N5O4/c1-4-29(37)33-26(31(39)40-6-3)15-18-34-16-8-10-27(34)30(38)36-17-7-9-24(36)13-14-25-20-23-12-11-22(21-32)19-28(23)35(25)5-2/h11-12,19-20,24,26-27H,4-10,13-18H2,1-3H3,(H,33,37)/t24-,26-,27+/m0/s1. The molecule has 1 N–H and O–H groups in total. The lowest BCUT2D eigenvalue weighted by atomic mass is 10.1. The molecule has 2 aliphatic rings. The van der Waals surface area contributed by atoms with Crippen LogP contribution in [0.1, 0.15) is 77.0 Å². The summed E-state index contributed by atoms with van der Waals surface area (Å²) < 4.78 is 7.47. The average Bonchev–Trinajstić information content (AvgIpc) is 3.71. The zero-order chi connectivity index (χ0) is 28.6. The van der Waals surface area contributed by atoms with Gasteiger partial charge < -0.3 is 19.5 Å². The first kappa shape index (κ1) is 29.6. The second-order valence-electron chi connectivity index (χ2n) is 10.8. The highest BCUT2D eigenvalue weighted by Crippen LogP contribution is 2.29. The molecule has 0 radical (unpaired) electrons. The van der Waals surface area contributed by atoms with E-state index in [1.54, 1.807) is 13.8 Å². The number of amides is 2. The van der Waals surface area contributed by atoms with Crippen molar-refractivity contribution < 1.29 is 19.1 Å². The quantitative estimate of drug-likeness (QED) is 0.404. The van der Waals surface area contributed by atoms with E-state index < -0.39 is 12.0 Å². The Hall–Kier alpha value is -3.38. The van der Waals surface area contributed by atoms with Gasteiger partial charge in [-0.1, -0.05) is 13.0 Å². The van der Waals surface area contributed by atoms with Crippen LogP contribution >= 0.6 is 0 Å². The summed E-state index contributed by atoms with van der Waals surface area (Å²) in [6.45, 7) is 8.89. The first-order chi connectivity index (χ1) is 19.4. The van der Waals surface area contributed by atoms with Crippen molar-refractivity contribution in [3.8, 4) is 6.07 Å². The SMILES string of the molecule is CCOC(=O)[C@H](CCN1CCC[C@@H]1C(=O)N1CCC[C@H]1CCc1cc2ccc(C#N)cc2n1CC)NC(=O)CC. The number of rotatable bonds is 12. The molecule has 0 saturated carbocycles. The molecule has 2 amide bonds. The summed E-state index contributed by atoms with van der Waals surface area (Å²) >= 11 is 0. The van der Waals surface area contributed by atoms with Crippen molar-refractivity contribution in [3.63, 3.8) is 0 Å². The smallest absolute Gasteiger partial charge is 0.328 e. The number of carbonyl (C=O) groups excluding carboxylic acids is 3. The normalized spacial score (nSPS) is 20.0. The molecule has 9 heteroatoms. The molecule has 2 aliphatic heterocycles. The van der Waals surface area contributed by atoms with Gasteiger partial charge in [0.2, 0.25) is 11.8 Å². The second kappa shape index (κ2) is 13.8. The monoisotopic (exact) mass is 549 g/mol. The van der Waals surface area contributed by atoms with Gasteiger partial charge in [-0.15, -0.1) is 0 Å².